The highest BCUT2D eigenvalue weighted by Crippen LogP contribution is 2.28. The van der Waals surface area contributed by atoms with Crippen molar-refractivity contribution in [3.63, 3.8) is 0 Å². The fourth-order valence-electron chi connectivity index (χ4n) is 4.69. The van der Waals surface area contributed by atoms with Crippen molar-refractivity contribution >= 4 is 41.1 Å². The van der Waals surface area contributed by atoms with Gasteiger partial charge in [-0.05, 0) is 48.4 Å². The summed E-state index contributed by atoms with van der Waals surface area (Å²) >= 11 is 0. The van der Waals surface area contributed by atoms with Gasteiger partial charge in [0, 0.05) is 31.9 Å². The Balaban J connectivity index is 1.55. The quantitative estimate of drug-likeness (QED) is 0.284. The van der Waals surface area contributed by atoms with Gasteiger partial charge in [-0.2, -0.15) is 0 Å². The number of rotatable bonds is 10. The van der Waals surface area contributed by atoms with Crippen LogP contribution in [0.15, 0.2) is 72.8 Å². The van der Waals surface area contributed by atoms with Crippen LogP contribution in [0.2, 0.25) is 0 Å². The Morgan fingerprint density at radius 1 is 0.953 bits per heavy atom. The Bertz CT molecular complexity index is 1510. The third kappa shape index (κ3) is 8.09. The first-order valence-corrected chi connectivity index (χ1v) is 13.6. The number of carbonyl (C=O) groups is 5. The smallest absolute Gasteiger partial charge is 0.322 e. The van der Waals surface area contributed by atoms with Crippen LogP contribution in [0, 0.1) is 0 Å². The maximum atomic E-state index is 13.5. The maximum absolute atomic E-state index is 13.5. The average Bonchev–Trinajstić information content (AvgIpc) is 3.04. The van der Waals surface area contributed by atoms with E-state index in [9.17, 15) is 29.1 Å². The zero-order valence-corrected chi connectivity index (χ0v) is 23.8. The lowest BCUT2D eigenvalue weighted by Crippen LogP contribution is -2.46. The highest BCUT2D eigenvalue weighted by atomic mass is 16.4. The standard InChI is InChI=1S/C31H33N5O7/c1-20(14-29(40)41)32-27(38)18-35-19-28(39)34(2)26-13-10-23(15-25(26)30(35)42)33-31(43)36(16-21-6-4-3-5-7-21)17-22-8-11-24(37)12-9-22/h3-13,15,20,37H,14,16-19H2,1-2H3,(H,32,38)(H,33,43)(H,40,41). The number of phenols is 1. The molecule has 12 nitrogen and oxygen atoms in total. The second kappa shape index (κ2) is 13.5. The molecule has 5 amide bonds. The van der Waals surface area contributed by atoms with Gasteiger partial charge in [0.25, 0.3) is 5.91 Å². The Morgan fingerprint density at radius 2 is 1.60 bits per heavy atom. The molecule has 0 saturated heterocycles. The number of likely N-dealkylation sites (N-methyl/N-ethyl adjacent to an activating group) is 1. The van der Waals surface area contributed by atoms with E-state index in [0.29, 0.717) is 11.4 Å². The molecule has 224 valence electrons. The fourth-order valence-corrected chi connectivity index (χ4v) is 4.69. The first-order valence-electron chi connectivity index (χ1n) is 13.6. The molecule has 1 aliphatic heterocycles. The highest BCUT2D eigenvalue weighted by Gasteiger charge is 2.31. The lowest BCUT2D eigenvalue weighted by atomic mass is 10.1. The molecule has 3 aromatic carbocycles. The number of fused-ring (bicyclic) bond motifs is 1. The molecule has 4 N–H and O–H groups in total. The van der Waals surface area contributed by atoms with E-state index in [0.717, 1.165) is 16.0 Å². The Labute approximate surface area is 248 Å². The number of hydrogen-bond acceptors (Lipinski definition) is 6. The monoisotopic (exact) mass is 587 g/mol. The third-order valence-corrected chi connectivity index (χ3v) is 6.86. The number of nitrogens with zero attached hydrogens (tertiary/aromatic N) is 3. The number of aromatic hydroxyl groups is 1. The Kier molecular flexibility index (Phi) is 9.61. The van der Waals surface area contributed by atoms with Crippen LogP contribution in [0.5, 0.6) is 5.75 Å². The molecule has 1 unspecified atom stereocenters. The van der Waals surface area contributed by atoms with Crippen molar-refractivity contribution < 1.29 is 34.2 Å². The molecule has 0 aliphatic carbocycles. The van der Waals surface area contributed by atoms with Crippen LogP contribution < -0.4 is 15.5 Å². The van der Waals surface area contributed by atoms with Crippen molar-refractivity contribution in [2.24, 2.45) is 0 Å². The van der Waals surface area contributed by atoms with Crippen molar-refractivity contribution in [3.05, 3.63) is 89.5 Å². The third-order valence-electron chi connectivity index (χ3n) is 6.86. The molecular formula is C31H33N5O7. The van der Waals surface area contributed by atoms with E-state index in [4.69, 9.17) is 5.11 Å². The van der Waals surface area contributed by atoms with Crippen LogP contribution in [-0.2, 0) is 27.5 Å². The van der Waals surface area contributed by atoms with Gasteiger partial charge in [-0.25, -0.2) is 4.79 Å². The molecule has 3 aromatic rings. The molecule has 0 radical (unpaired) electrons. The molecule has 4 rings (SSSR count). The lowest BCUT2D eigenvalue weighted by Gasteiger charge is -2.24. The summed E-state index contributed by atoms with van der Waals surface area (Å²) < 4.78 is 0. The summed E-state index contributed by atoms with van der Waals surface area (Å²) in [5.41, 5.74) is 2.45. The van der Waals surface area contributed by atoms with Gasteiger partial charge in [0.15, 0.2) is 0 Å². The van der Waals surface area contributed by atoms with E-state index in [2.05, 4.69) is 10.6 Å². The van der Waals surface area contributed by atoms with Crippen molar-refractivity contribution in [1.82, 2.24) is 15.1 Å². The van der Waals surface area contributed by atoms with Gasteiger partial charge in [0.05, 0.1) is 17.7 Å². The molecular weight excluding hydrogens is 554 g/mol. The van der Waals surface area contributed by atoms with Gasteiger partial charge in [-0.3, -0.25) is 19.2 Å². The number of carboxylic acids is 1. The van der Waals surface area contributed by atoms with Crippen LogP contribution in [-0.4, -0.2) is 75.9 Å². The lowest BCUT2D eigenvalue weighted by molar-refractivity contribution is -0.137. The summed E-state index contributed by atoms with van der Waals surface area (Å²) in [6.45, 7) is 1.26. The summed E-state index contributed by atoms with van der Waals surface area (Å²) in [4.78, 5) is 67.4. The predicted molar refractivity (Wildman–Crippen MR) is 158 cm³/mol. The van der Waals surface area contributed by atoms with Crippen LogP contribution in [0.25, 0.3) is 0 Å². The normalized spacial score (nSPS) is 13.5. The number of nitrogens with one attached hydrogen (secondary N) is 2. The largest absolute Gasteiger partial charge is 0.508 e. The van der Waals surface area contributed by atoms with E-state index in [1.54, 1.807) is 41.3 Å². The number of hydrogen-bond donors (Lipinski definition) is 4. The van der Waals surface area contributed by atoms with Crippen LogP contribution in [0.1, 0.15) is 34.8 Å². The van der Waals surface area contributed by atoms with Gasteiger partial charge in [-0.15, -0.1) is 0 Å². The number of amides is 5. The van der Waals surface area contributed by atoms with Crippen molar-refractivity contribution in [2.75, 3.05) is 30.4 Å². The summed E-state index contributed by atoms with van der Waals surface area (Å²) in [6, 6.07) is 19.5. The van der Waals surface area contributed by atoms with E-state index >= 15 is 0 Å². The molecule has 0 aromatic heterocycles. The maximum Gasteiger partial charge on any atom is 0.322 e. The van der Waals surface area contributed by atoms with E-state index in [-0.39, 0.29) is 37.4 Å². The number of aliphatic carboxylic acids is 1. The van der Waals surface area contributed by atoms with Gasteiger partial charge in [0.1, 0.15) is 18.8 Å². The van der Waals surface area contributed by atoms with Crippen molar-refractivity contribution in [3.8, 4) is 5.75 Å². The van der Waals surface area contributed by atoms with Gasteiger partial charge in [0.2, 0.25) is 11.8 Å². The first-order chi connectivity index (χ1) is 20.5. The number of benzene rings is 3. The summed E-state index contributed by atoms with van der Waals surface area (Å²) in [6.07, 6.45) is -0.290. The van der Waals surface area contributed by atoms with Crippen LogP contribution in [0.3, 0.4) is 0 Å². The topological polar surface area (TPSA) is 160 Å². The Morgan fingerprint density at radius 3 is 2.26 bits per heavy atom. The molecule has 1 aliphatic rings. The second-order valence-electron chi connectivity index (χ2n) is 10.4. The fraction of sp³-hybridized carbons (Fsp3) is 0.258. The van der Waals surface area contributed by atoms with Gasteiger partial charge in [-0.1, -0.05) is 42.5 Å². The average molecular weight is 588 g/mol. The highest BCUT2D eigenvalue weighted by molar-refractivity contribution is 6.11. The number of carboxylic acid groups (broad SMARTS) is 1. The molecule has 43 heavy (non-hydrogen) atoms. The van der Waals surface area contributed by atoms with Gasteiger partial charge < -0.3 is 35.5 Å². The second-order valence-corrected chi connectivity index (χ2v) is 10.4. The number of carbonyl (C=O) groups excluding carboxylic acids is 4. The predicted octanol–water partition coefficient (Wildman–Crippen LogP) is 3.02. The van der Waals surface area contributed by atoms with Crippen molar-refractivity contribution in [1.29, 1.82) is 0 Å². The molecule has 12 heteroatoms. The zero-order valence-electron chi connectivity index (χ0n) is 23.8. The minimum atomic E-state index is -1.08. The summed E-state index contributed by atoms with van der Waals surface area (Å²) in [5, 5.41) is 24.0. The Hall–Kier alpha value is -5.39. The first kappa shape index (κ1) is 30.6. The van der Waals surface area contributed by atoms with Gasteiger partial charge >= 0.3 is 12.0 Å². The number of phenolic OH excluding ortho intramolecular Hbond substituents is 1. The molecule has 0 spiro atoms. The zero-order chi connectivity index (χ0) is 31.1. The number of anilines is 2. The SMILES string of the molecule is CC(CC(=O)O)NC(=O)CN1CC(=O)N(C)c2ccc(NC(=O)N(Cc3ccccc3)Cc3ccc(O)cc3)cc2C1=O. The van der Waals surface area contributed by atoms with Crippen molar-refractivity contribution in [2.45, 2.75) is 32.5 Å². The summed E-state index contributed by atoms with van der Waals surface area (Å²) in [7, 11) is 1.52. The minimum absolute atomic E-state index is 0.113. The van der Waals surface area contributed by atoms with Crippen LogP contribution in [0.4, 0.5) is 16.2 Å². The van der Waals surface area contributed by atoms with E-state index < -0.39 is 42.3 Å². The number of urea groups is 1. The molecule has 0 bridgehead atoms. The molecule has 0 fully saturated rings. The molecule has 1 heterocycles. The summed E-state index contributed by atoms with van der Waals surface area (Å²) in [5.74, 6) is -2.57. The molecule has 1 atom stereocenters. The molecule has 0 saturated carbocycles. The van der Waals surface area contributed by atoms with E-state index in [1.807, 2.05) is 30.3 Å². The van der Waals surface area contributed by atoms with E-state index in [1.165, 1.54) is 24.9 Å². The minimum Gasteiger partial charge on any atom is -0.508 e. The van der Waals surface area contributed by atoms with Crippen LogP contribution >= 0.6 is 0 Å².